The Labute approximate surface area is 83.2 Å². The molecule has 0 bridgehead atoms. The molecule has 0 saturated heterocycles. The molecular weight excluding hydrogens is 184 g/mol. The van der Waals surface area contributed by atoms with Crippen LogP contribution in [0.4, 0.5) is 0 Å². The Morgan fingerprint density at radius 2 is 2.50 bits per heavy atom. The highest BCUT2D eigenvalue weighted by Crippen LogP contribution is 2.27. The lowest BCUT2D eigenvalue weighted by atomic mass is 9.88. The molecule has 1 rings (SSSR count). The summed E-state index contributed by atoms with van der Waals surface area (Å²) in [5.74, 6) is -0.00148. The first-order valence-electron chi connectivity index (χ1n) is 4.77. The number of carbonyl (C=O) groups is 1. The van der Waals surface area contributed by atoms with Gasteiger partial charge in [-0.25, -0.2) is 0 Å². The number of ether oxygens (including phenoxy) is 1. The van der Waals surface area contributed by atoms with Gasteiger partial charge in [0.15, 0.2) is 0 Å². The van der Waals surface area contributed by atoms with E-state index in [2.05, 4.69) is 0 Å². The maximum atomic E-state index is 10.7. The van der Waals surface area contributed by atoms with E-state index >= 15 is 0 Å². The van der Waals surface area contributed by atoms with Gasteiger partial charge < -0.3 is 14.9 Å². The maximum Gasteiger partial charge on any atom is 0.149 e. The highest BCUT2D eigenvalue weighted by molar-refractivity contribution is 5.73. The molecule has 0 spiro atoms. The Kier molecular flexibility index (Phi) is 4.10. The first kappa shape index (κ1) is 11.2. The third-order valence-corrected chi connectivity index (χ3v) is 2.43. The highest BCUT2D eigenvalue weighted by Gasteiger charge is 2.24. The first-order chi connectivity index (χ1) is 6.67. The van der Waals surface area contributed by atoms with Gasteiger partial charge in [0.2, 0.25) is 0 Å². The second-order valence-electron chi connectivity index (χ2n) is 3.69. The molecule has 2 N–H and O–H groups in total. The summed E-state index contributed by atoms with van der Waals surface area (Å²) in [5.41, 5.74) is 0.565. The molecule has 0 aromatic heterocycles. The molecule has 0 aromatic rings. The Morgan fingerprint density at radius 3 is 3.07 bits per heavy atom. The monoisotopic (exact) mass is 200 g/mol. The minimum Gasteiger partial charge on any atom is -0.498 e. The first-order valence-corrected chi connectivity index (χ1v) is 4.77. The van der Waals surface area contributed by atoms with Crippen LogP contribution in [0.25, 0.3) is 0 Å². The molecule has 0 saturated carbocycles. The van der Waals surface area contributed by atoms with Gasteiger partial charge in [-0.15, -0.1) is 0 Å². The van der Waals surface area contributed by atoms with Crippen LogP contribution < -0.4 is 0 Å². The van der Waals surface area contributed by atoms with Gasteiger partial charge in [-0.2, -0.15) is 0 Å². The van der Waals surface area contributed by atoms with Gasteiger partial charge in [-0.05, 0) is 25.7 Å². The van der Waals surface area contributed by atoms with E-state index in [1.807, 2.05) is 6.92 Å². The molecule has 1 aliphatic rings. The number of hydrogen-bond donors (Lipinski definition) is 2. The van der Waals surface area contributed by atoms with Crippen LogP contribution in [0.15, 0.2) is 11.8 Å². The summed E-state index contributed by atoms with van der Waals surface area (Å²) in [4.78, 5) is 10.7. The molecule has 3 unspecified atom stereocenters. The second kappa shape index (κ2) is 5.12. The Balaban J connectivity index is 2.60. The zero-order valence-corrected chi connectivity index (χ0v) is 8.22. The van der Waals surface area contributed by atoms with E-state index in [-0.39, 0.29) is 18.6 Å². The SMILES string of the molecule is CC1CC(CC(O)CO)C(C=O)=CO1. The Hall–Kier alpha value is -0.870. The number of aliphatic hydroxyl groups excluding tert-OH is 2. The second-order valence-corrected chi connectivity index (χ2v) is 3.69. The normalized spacial score (nSPS) is 28.9. The predicted molar refractivity (Wildman–Crippen MR) is 50.5 cm³/mol. The van der Waals surface area contributed by atoms with E-state index in [0.29, 0.717) is 18.4 Å². The van der Waals surface area contributed by atoms with E-state index in [1.165, 1.54) is 6.26 Å². The van der Waals surface area contributed by atoms with Gasteiger partial charge in [0.25, 0.3) is 0 Å². The zero-order chi connectivity index (χ0) is 10.6. The lowest BCUT2D eigenvalue weighted by Gasteiger charge is -2.27. The predicted octanol–water partition coefficient (Wildman–Crippen LogP) is 0.237. The summed E-state index contributed by atoms with van der Waals surface area (Å²) in [5, 5.41) is 18.0. The van der Waals surface area contributed by atoms with Gasteiger partial charge in [-0.3, -0.25) is 4.79 Å². The third-order valence-electron chi connectivity index (χ3n) is 2.43. The summed E-state index contributed by atoms with van der Waals surface area (Å²) >= 11 is 0. The van der Waals surface area contributed by atoms with Crippen molar-refractivity contribution < 1.29 is 19.7 Å². The van der Waals surface area contributed by atoms with E-state index in [9.17, 15) is 9.90 Å². The van der Waals surface area contributed by atoms with Crippen molar-refractivity contribution in [3.8, 4) is 0 Å². The standard InChI is InChI=1S/C10H16O4/c1-7-2-8(3-10(13)5-12)9(4-11)6-14-7/h4,6-8,10,12-13H,2-3,5H2,1H3. The smallest absolute Gasteiger partial charge is 0.149 e. The number of carbonyl (C=O) groups excluding carboxylic acids is 1. The third kappa shape index (κ3) is 2.82. The number of allylic oxidation sites excluding steroid dienone is 1. The zero-order valence-electron chi connectivity index (χ0n) is 8.22. The van der Waals surface area contributed by atoms with Gasteiger partial charge in [0.05, 0.1) is 25.1 Å². The number of aliphatic hydroxyl groups is 2. The molecule has 3 atom stereocenters. The van der Waals surface area contributed by atoms with Crippen molar-refractivity contribution in [3.05, 3.63) is 11.8 Å². The molecule has 0 fully saturated rings. The van der Waals surface area contributed by atoms with Gasteiger partial charge in [0.1, 0.15) is 6.29 Å². The van der Waals surface area contributed by atoms with Crippen molar-refractivity contribution in [1.29, 1.82) is 0 Å². The molecule has 4 heteroatoms. The van der Waals surface area contributed by atoms with Crippen LogP contribution in [-0.2, 0) is 9.53 Å². The lowest BCUT2D eigenvalue weighted by molar-refractivity contribution is -0.106. The molecule has 0 amide bonds. The van der Waals surface area contributed by atoms with Crippen LogP contribution in [0.3, 0.4) is 0 Å². The van der Waals surface area contributed by atoms with Crippen LogP contribution in [0.2, 0.25) is 0 Å². The highest BCUT2D eigenvalue weighted by atomic mass is 16.5. The minimum absolute atomic E-state index is 0.00148. The fourth-order valence-corrected chi connectivity index (χ4v) is 1.64. The molecule has 1 heterocycles. The van der Waals surface area contributed by atoms with Crippen molar-refractivity contribution in [3.63, 3.8) is 0 Å². The van der Waals surface area contributed by atoms with Gasteiger partial charge >= 0.3 is 0 Å². The molecule has 1 aliphatic heterocycles. The maximum absolute atomic E-state index is 10.7. The quantitative estimate of drug-likeness (QED) is 0.638. The summed E-state index contributed by atoms with van der Waals surface area (Å²) in [6.45, 7) is 1.65. The Morgan fingerprint density at radius 1 is 1.79 bits per heavy atom. The average Bonchev–Trinajstić information content (AvgIpc) is 2.18. The summed E-state index contributed by atoms with van der Waals surface area (Å²) < 4.78 is 5.19. The summed E-state index contributed by atoms with van der Waals surface area (Å²) in [6.07, 6.45) is 2.63. The molecule has 14 heavy (non-hydrogen) atoms. The van der Waals surface area contributed by atoms with Gasteiger partial charge in [-0.1, -0.05) is 0 Å². The topological polar surface area (TPSA) is 66.8 Å². The van der Waals surface area contributed by atoms with Crippen molar-refractivity contribution >= 4 is 6.29 Å². The van der Waals surface area contributed by atoms with Crippen LogP contribution in [0, 0.1) is 5.92 Å². The van der Waals surface area contributed by atoms with Crippen molar-refractivity contribution in [2.45, 2.75) is 32.0 Å². The summed E-state index contributed by atoms with van der Waals surface area (Å²) in [7, 11) is 0. The van der Waals surface area contributed by atoms with Crippen molar-refractivity contribution in [2.75, 3.05) is 6.61 Å². The fraction of sp³-hybridized carbons (Fsp3) is 0.700. The molecule has 80 valence electrons. The van der Waals surface area contributed by atoms with E-state index < -0.39 is 6.10 Å². The number of hydrogen-bond acceptors (Lipinski definition) is 4. The van der Waals surface area contributed by atoms with E-state index in [1.54, 1.807) is 0 Å². The molecule has 0 radical (unpaired) electrons. The number of aldehydes is 1. The van der Waals surface area contributed by atoms with Crippen molar-refractivity contribution in [2.24, 2.45) is 5.92 Å². The largest absolute Gasteiger partial charge is 0.498 e. The minimum atomic E-state index is -0.756. The lowest BCUT2D eigenvalue weighted by Crippen LogP contribution is -2.25. The number of rotatable bonds is 4. The summed E-state index contributed by atoms with van der Waals surface area (Å²) in [6, 6.07) is 0. The molecule has 0 aliphatic carbocycles. The van der Waals surface area contributed by atoms with Crippen LogP contribution in [0.1, 0.15) is 19.8 Å². The van der Waals surface area contributed by atoms with E-state index in [4.69, 9.17) is 9.84 Å². The molecular formula is C10H16O4. The fourth-order valence-electron chi connectivity index (χ4n) is 1.64. The van der Waals surface area contributed by atoms with Crippen LogP contribution in [0.5, 0.6) is 0 Å². The molecule has 4 nitrogen and oxygen atoms in total. The Bertz CT molecular complexity index is 224. The van der Waals surface area contributed by atoms with Crippen molar-refractivity contribution in [1.82, 2.24) is 0 Å². The van der Waals surface area contributed by atoms with E-state index in [0.717, 1.165) is 6.29 Å². The van der Waals surface area contributed by atoms with Crippen LogP contribution in [-0.4, -0.2) is 35.3 Å². The van der Waals surface area contributed by atoms with Gasteiger partial charge in [0, 0.05) is 5.57 Å². The average molecular weight is 200 g/mol. The molecule has 0 aromatic carbocycles. The van der Waals surface area contributed by atoms with Crippen LogP contribution >= 0.6 is 0 Å².